The maximum Gasteiger partial charge on any atom is 0.343 e. The zero-order valence-corrected chi connectivity index (χ0v) is 9.14. The first-order valence-electron chi connectivity index (χ1n) is 5.23. The van der Waals surface area contributed by atoms with Crippen LogP contribution in [0, 0.1) is 6.92 Å². The molecule has 1 aromatic rings. The van der Waals surface area contributed by atoms with Crippen LogP contribution in [0.5, 0.6) is 5.75 Å². The molecule has 0 spiro atoms. The van der Waals surface area contributed by atoms with E-state index in [9.17, 15) is 4.79 Å². The van der Waals surface area contributed by atoms with E-state index < -0.39 is 12.1 Å². The zero-order chi connectivity index (χ0) is 11.4. The van der Waals surface area contributed by atoms with Crippen molar-refractivity contribution < 1.29 is 19.0 Å². The monoisotopic (exact) mass is 222 g/mol. The molecule has 2 rings (SSSR count). The summed E-state index contributed by atoms with van der Waals surface area (Å²) < 4.78 is 15.6. The fourth-order valence-electron chi connectivity index (χ4n) is 1.48. The van der Waals surface area contributed by atoms with Crippen LogP contribution in [0.2, 0.25) is 0 Å². The molecule has 1 saturated heterocycles. The van der Waals surface area contributed by atoms with E-state index in [1.54, 1.807) is 6.07 Å². The van der Waals surface area contributed by atoms with Crippen molar-refractivity contribution in [3.05, 3.63) is 29.8 Å². The van der Waals surface area contributed by atoms with Crippen molar-refractivity contribution in [3.63, 3.8) is 0 Å². The Morgan fingerprint density at radius 2 is 2.31 bits per heavy atom. The van der Waals surface area contributed by atoms with Crippen LogP contribution in [0.3, 0.4) is 0 Å². The number of hydrogen-bond donors (Lipinski definition) is 0. The second-order valence-electron chi connectivity index (χ2n) is 3.67. The molecule has 0 radical (unpaired) electrons. The summed E-state index contributed by atoms with van der Waals surface area (Å²) in [5.41, 5.74) is 1.05. The molecule has 0 saturated carbocycles. The van der Waals surface area contributed by atoms with Gasteiger partial charge in [0.25, 0.3) is 0 Å². The van der Waals surface area contributed by atoms with E-state index >= 15 is 0 Å². The van der Waals surface area contributed by atoms with E-state index in [2.05, 4.69) is 0 Å². The quantitative estimate of drug-likeness (QED) is 0.559. The Kier molecular flexibility index (Phi) is 3.54. The lowest BCUT2D eigenvalue weighted by Crippen LogP contribution is -2.38. The molecule has 1 aliphatic heterocycles. The molecule has 16 heavy (non-hydrogen) atoms. The topological polar surface area (TPSA) is 44.8 Å². The van der Waals surface area contributed by atoms with Crippen LogP contribution in [0.25, 0.3) is 0 Å². The van der Waals surface area contributed by atoms with Gasteiger partial charge in [-0.1, -0.05) is 12.1 Å². The second kappa shape index (κ2) is 5.09. The Bertz CT molecular complexity index is 369. The minimum Gasteiger partial charge on any atom is -0.425 e. The average Bonchev–Trinajstić information content (AvgIpc) is 2.30. The van der Waals surface area contributed by atoms with Crippen LogP contribution < -0.4 is 4.74 Å². The van der Waals surface area contributed by atoms with Gasteiger partial charge in [0.05, 0.1) is 19.8 Å². The Balaban J connectivity index is 1.96. The molecule has 1 unspecified atom stereocenters. The van der Waals surface area contributed by atoms with Gasteiger partial charge < -0.3 is 14.2 Å². The van der Waals surface area contributed by atoms with E-state index in [-0.39, 0.29) is 6.61 Å². The Hall–Kier alpha value is -1.39. The molecule has 1 fully saturated rings. The van der Waals surface area contributed by atoms with Gasteiger partial charge in [0.15, 0.2) is 6.10 Å². The van der Waals surface area contributed by atoms with Gasteiger partial charge in [-0.3, -0.25) is 0 Å². The Morgan fingerprint density at radius 1 is 1.44 bits per heavy atom. The van der Waals surface area contributed by atoms with Crippen molar-refractivity contribution in [2.24, 2.45) is 0 Å². The van der Waals surface area contributed by atoms with Crippen LogP contribution in [-0.4, -0.2) is 31.9 Å². The van der Waals surface area contributed by atoms with Crippen molar-refractivity contribution in [1.29, 1.82) is 0 Å². The maximum atomic E-state index is 11.7. The molecular weight excluding hydrogens is 208 g/mol. The summed E-state index contributed by atoms with van der Waals surface area (Å²) in [7, 11) is 0. The predicted molar refractivity (Wildman–Crippen MR) is 57.4 cm³/mol. The molecule has 1 aliphatic rings. The molecule has 0 bridgehead atoms. The summed E-state index contributed by atoms with van der Waals surface area (Å²) in [5.74, 6) is 0.143. The first kappa shape index (κ1) is 11.1. The second-order valence-corrected chi connectivity index (χ2v) is 3.67. The highest BCUT2D eigenvalue weighted by atomic mass is 16.6. The van der Waals surface area contributed by atoms with Crippen molar-refractivity contribution >= 4 is 5.97 Å². The number of aryl methyl sites for hydroxylation is 1. The number of ether oxygens (including phenoxy) is 3. The predicted octanol–water partition coefficient (Wildman–Crippen LogP) is 1.32. The minimum atomic E-state index is -0.603. The number of benzene rings is 1. The van der Waals surface area contributed by atoms with Crippen LogP contribution in [0.15, 0.2) is 24.3 Å². The molecule has 4 nitrogen and oxygen atoms in total. The van der Waals surface area contributed by atoms with Crippen LogP contribution in [-0.2, 0) is 14.3 Å². The molecule has 0 N–H and O–H groups in total. The first-order valence-corrected chi connectivity index (χ1v) is 5.23. The van der Waals surface area contributed by atoms with Crippen molar-refractivity contribution in [3.8, 4) is 5.75 Å². The summed E-state index contributed by atoms with van der Waals surface area (Å²) in [6.45, 7) is 3.18. The molecule has 1 atom stereocenters. The smallest absolute Gasteiger partial charge is 0.343 e. The number of esters is 1. The third kappa shape index (κ3) is 2.81. The van der Waals surface area contributed by atoms with E-state index in [0.29, 0.717) is 19.0 Å². The van der Waals surface area contributed by atoms with Gasteiger partial charge in [0.2, 0.25) is 0 Å². The first-order chi connectivity index (χ1) is 7.75. The fourth-order valence-corrected chi connectivity index (χ4v) is 1.48. The summed E-state index contributed by atoms with van der Waals surface area (Å²) >= 11 is 0. The largest absolute Gasteiger partial charge is 0.425 e. The van der Waals surface area contributed by atoms with Gasteiger partial charge in [-0.15, -0.1) is 0 Å². The highest BCUT2D eigenvalue weighted by Gasteiger charge is 2.24. The number of rotatable bonds is 2. The maximum absolute atomic E-state index is 11.7. The van der Waals surface area contributed by atoms with E-state index in [4.69, 9.17) is 14.2 Å². The van der Waals surface area contributed by atoms with Gasteiger partial charge in [-0.2, -0.15) is 0 Å². The SMILES string of the molecule is Cc1cccc(OC(=O)C2COCCO2)c1. The molecule has 86 valence electrons. The van der Waals surface area contributed by atoms with Gasteiger partial charge in [-0.25, -0.2) is 4.79 Å². The Morgan fingerprint density at radius 3 is 3.00 bits per heavy atom. The van der Waals surface area contributed by atoms with E-state index in [1.165, 1.54) is 0 Å². The van der Waals surface area contributed by atoms with Gasteiger partial charge in [0, 0.05) is 0 Å². The third-order valence-corrected chi connectivity index (χ3v) is 2.29. The number of carbonyl (C=O) groups is 1. The van der Waals surface area contributed by atoms with Crippen LogP contribution in [0.1, 0.15) is 5.56 Å². The summed E-state index contributed by atoms with van der Waals surface area (Å²) in [6.07, 6.45) is -0.603. The molecule has 4 heteroatoms. The fraction of sp³-hybridized carbons (Fsp3) is 0.417. The van der Waals surface area contributed by atoms with Crippen LogP contribution in [0.4, 0.5) is 0 Å². The minimum absolute atomic E-state index is 0.269. The van der Waals surface area contributed by atoms with Gasteiger partial charge in [0.1, 0.15) is 5.75 Å². The molecular formula is C12H14O4. The molecule has 0 aromatic heterocycles. The highest BCUT2D eigenvalue weighted by molar-refractivity contribution is 5.77. The summed E-state index contributed by atoms with van der Waals surface area (Å²) in [4.78, 5) is 11.7. The lowest BCUT2D eigenvalue weighted by atomic mass is 10.2. The molecule has 1 aromatic carbocycles. The lowest BCUT2D eigenvalue weighted by molar-refractivity contribution is -0.161. The molecule has 1 heterocycles. The Labute approximate surface area is 94.1 Å². The summed E-state index contributed by atoms with van der Waals surface area (Å²) in [5, 5.41) is 0. The normalized spacial score (nSPS) is 20.4. The van der Waals surface area contributed by atoms with Gasteiger partial charge in [-0.05, 0) is 24.6 Å². The highest BCUT2D eigenvalue weighted by Crippen LogP contribution is 2.14. The lowest BCUT2D eigenvalue weighted by Gasteiger charge is -2.21. The molecule has 0 aliphatic carbocycles. The summed E-state index contributed by atoms with van der Waals surface area (Å²) in [6, 6.07) is 7.34. The molecule has 0 amide bonds. The standard InChI is InChI=1S/C12H14O4/c1-9-3-2-4-10(7-9)16-12(13)11-8-14-5-6-15-11/h2-4,7,11H,5-6,8H2,1H3. The van der Waals surface area contributed by atoms with Gasteiger partial charge >= 0.3 is 5.97 Å². The number of carbonyl (C=O) groups excluding carboxylic acids is 1. The van der Waals surface area contributed by atoms with Crippen molar-refractivity contribution in [1.82, 2.24) is 0 Å². The zero-order valence-electron chi connectivity index (χ0n) is 9.14. The van der Waals surface area contributed by atoms with E-state index in [1.807, 2.05) is 25.1 Å². The average molecular weight is 222 g/mol. The number of hydrogen-bond acceptors (Lipinski definition) is 4. The third-order valence-electron chi connectivity index (χ3n) is 2.29. The van der Waals surface area contributed by atoms with E-state index in [0.717, 1.165) is 5.56 Å². The van der Waals surface area contributed by atoms with Crippen molar-refractivity contribution in [2.45, 2.75) is 13.0 Å². The van der Waals surface area contributed by atoms with Crippen molar-refractivity contribution in [2.75, 3.05) is 19.8 Å². The van der Waals surface area contributed by atoms with Crippen LogP contribution >= 0.6 is 0 Å².